The lowest BCUT2D eigenvalue weighted by Gasteiger charge is -2.22. The van der Waals surface area contributed by atoms with Crippen LogP contribution in [0.4, 0.5) is 0 Å². The number of hydrogen-bond donors (Lipinski definition) is 1. The molecule has 1 fully saturated rings. The smallest absolute Gasteiger partial charge is 0.222 e. The minimum Gasteiger partial charge on any atom is -0.342 e. The van der Waals surface area contributed by atoms with Crippen molar-refractivity contribution in [3.8, 4) is 0 Å². The van der Waals surface area contributed by atoms with Crippen molar-refractivity contribution in [2.45, 2.75) is 33.1 Å². The molecule has 2 rings (SSSR count). The molecule has 0 bridgehead atoms. The fraction of sp³-hybridized carbons (Fsp3) is 0.562. The highest BCUT2D eigenvalue weighted by Gasteiger charge is 2.34. The fourth-order valence-electron chi connectivity index (χ4n) is 2.67. The Labute approximate surface area is 141 Å². The summed E-state index contributed by atoms with van der Waals surface area (Å²) >= 11 is 3.50. The maximum absolute atomic E-state index is 12.3. The number of nitrogens with zero attached hydrogens (tertiary/aromatic N) is 1. The molecule has 1 aromatic rings. The molecule has 0 saturated carbocycles. The van der Waals surface area contributed by atoms with E-state index in [1.807, 2.05) is 4.90 Å². The van der Waals surface area contributed by atoms with Gasteiger partial charge in [0, 0.05) is 24.0 Å². The van der Waals surface area contributed by atoms with E-state index < -0.39 is 0 Å². The zero-order chi connectivity index (χ0) is 14.8. The van der Waals surface area contributed by atoms with E-state index in [1.54, 1.807) is 0 Å². The quantitative estimate of drug-likeness (QED) is 0.877. The van der Waals surface area contributed by atoms with Crippen LogP contribution in [0.15, 0.2) is 22.7 Å². The number of rotatable bonds is 4. The van der Waals surface area contributed by atoms with Gasteiger partial charge >= 0.3 is 0 Å². The van der Waals surface area contributed by atoms with Crippen LogP contribution >= 0.6 is 28.3 Å². The first-order chi connectivity index (χ1) is 9.43. The average Bonchev–Trinajstić information content (AvgIpc) is 2.83. The average molecular weight is 376 g/mol. The molecule has 1 amide bonds. The zero-order valence-corrected chi connectivity index (χ0v) is 15.1. The molecule has 1 aromatic carbocycles. The van der Waals surface area contributed by atoms with Gasteiger partial charge in [0.15, 0.2) is 0 Å². The van der Waals surface area contributed by atoms with Gasteiger partial charge in [-0.3, -0.25) is 4.79 Å². The molecule has 3 nitrogen and oxygen atoms in total. The molecule has 1 saturated heterocycles. The molecule has 21 heavy (non-hydrogen) atoms. The molecule has 0 spiro atoms. The molecule has 1 aliphatic rings. The second kappa shape index (κ2) is 7.61. The third-order valence-corrected chi connectivity index (χ3v) is 5.14. The Morgan fingerprint density at radius 2 is 2.19 bits per heavy atom. The first kappa shape index (κ1) is 18.5. The standard InChI is InChI=1S/C16H23BrN2O.ClH/c1-12-9-13(3-5-14(12)17)4-6-15(20)19-8-7-16(2,10-18)11-19;/h3,5,9H,4,6-8,10-11,18H2,1-2H3;1H. The van der Waals surface area contributed by atoms with E-state index in [1.165, 1.54) is 11.1 Å². The van der Waals surface area contributed by atoms with Gasteiger partial charge in [-0.25, -0.2) is 0 Å². The van der Waals surface area contributed by atoms with Crippen molar-refractivity contribution in [3.05, 3.63) is 33.8 Å². The Morgan fingerprint density at radius 1 is 1.48 bits per heavy atom. The van der Waals surface area contributed by atoms with E-state index in [0.29, 0.717) is 13.0 Å². The Bertz CT molecular complexity index is 509. The van der Waals surface area contributed by atoms with Gasteiger partial charge in [0.1, 0.15) is 0 Å². The van der Waals surface area contributed by atoms with Gasteiger partial charge < -0.3 is 10.6 Å². The first-order valence-electron chi connectivity index (χ1n) is 7.16. The molecule has 0 aromatic heterocycles. The van der Waals surface area contributed by atoms with Crippen molar-refractivity contribution in [3.63, 3.8) is 0 Å². The molecular weight excluding hydrogens is 352 g/mol. The van der Waals surface area contributed by atoms with Crippen molar-refractivity contribution in [2.24, 2.45) is 11.1 Å². The summed E-state index contributed by atoms with van der Waals surface area (Å²) in [6.45, 7) is 6.55. The maximum atomic E-state index is 12.3. The maximum Gasteiger partial charge on any atom is 0.222 e. The molecule has 118 valence electrons. The molecule has 0 aliphatic carbocycles. The summed E-state index contributed by atoms with van der Waals surface area (Å²) in [5, 5.41) is 0. The highest BCUT2D eigenvalue weighted by atomic mass is 79.9. The number of likely N-dealkylation sites (tertiary alicyclic amines) is 1. The summed E-state index contributed by atoms with van der Waals surface area (Å²) in [7, 11) is 0. The summed E-state index contributed by atoms with van der Waals surface area (Å²) in [5.41, 5.74) is 8.34. The van der Waals surface area contributed by atoms with E-state index in [-0.39, 0.29) is 23.7 Å². The lowest BCUT2D eigenvalue weighted by Crippen LogP contribution is -2.34. The zero-order valence-electron chi connectivity index (χ0n) is 12.7. The van der Waals surface area contributed by atoms with Crippen molar-refractivity contribution in [1.82, 2.24) is 4.90 Å². The van der Waals surface area contributed by atoms with Gasteiger partial charge in [0.2, 0.25) is 5.91 Å². The van der Waals surface area contributed by atoms with Crippen LogP contribution in [0.25, 0.3) is 0 Å². The van der Waals surface area contributed by atoms with E-state index in [9.17, 15) is 4.79 Å². The van der Waals surface area contributed by atoms with Gasteiger partial charge in [-0.15, -0.1) is 12.4 Å². The predicted molar refractivity (Wildman–Crippen MR) is 92.8 cm³/mol. The fourth-order valence-corrected chi connectivity index (χ4v) is 2.92. The van der Waals surface area contributed by atoms with Crippen LogP contribution in [0.1, 0.15) is 30.9 Å². The van der Waals surface area contributed by atoms with Crippen LogP contribution < -0.4 is 5.73 Å². The largest absolute Gasteiger partial charge is 0.342 e. The van der Waals surface area contributed by atoms with Crippen LogP contribution in [-0.2, 0) is 11.2 Å². The highest BCUT2D eigenvalue weighted by molar-refractivity contribution is 9.10. The monoisotopic (exact) mass is 374 g/mol. The van der Waals surface area contributed by atoms with E-state index in [4.69, 9.17) is 5.73 Å². The normalized spacial score (nSPS) is 21.2. The molecule has 1 heterocycles. The summed E-state index contributed by atoms with van der Waals surface area (Å²) in [4.78, 5) is 14.2. The Hall–Kier alpha value is -0.580. The molecule has 2 N–H and O–H groups in total. The number of hydrogen-bond acceptors (Lipinski definition) is 2. The van der Waals surface area contributed by atoms with Crippen LogP contribution in [-0.4, -0.2) is 30.4 Å². The SMILES string of the molecule is Cc1cc(CCC(=O)N2CCC(C)(CN)C2)ccc1Br.Cl. The molecule has 1 atom stereocenters. The lowest BCUT2D eigenvalue weighted by molar-refractivity contribution is -0.130. The van der Waals surface area contributed by atoms with E-state index in [0.717, 1.165) is 30.4 Å². The minimum absolute atomic E-state index is 0. The molecule has 5 heteroatoms. The van der Waals surface area contributed by atoms with Crippen molar-refractivity contribution >= 4 is 34.2 Å². The van der Waals surface area contributed by atoms with Crippen molar-refractivity contribution < 1.29 is 4.79 Å². The van der Waals surface area contributed by atoms with Crippen molar-refractivity contribution in [1.29, 1.82) is 0 Å². The third-order valence-electron chi connectivity index (χ3n) is 4.25. The van der Waals surface area contributed by atoms with Gasteiger partial charge in [0.25, 0.3) is 0 Å². The number of halogens is 2. The van der Waals surface area contributed by atoms with E-state index in [2.05, 4.69) is 48.0 Å². The number of carbonyl (C=O) groups excluding carboxylic acids is 1. The van der Waals surface area contributed by atoms with Crippen molar-refractivity contribution in [2.75, 3.05) is 19.6 Å². The van der Waals surface area contributed by atoms with Crippen LogP contribution in [0.5, 0.6) is 0 Å². The van der Waals surface area contributed by atoms with E-state index >= 15 is 0 Å². The van der Waals surface area contributed by atoms with Crippen LogP contribution in [0.2, 0.25) is 0 Å². The Morgan fingerprint density at radius 3 is 2.76 bits per heavy atom. The number of nitrogens with two attached hydrogens (primary N) is 1. The lowest BCUT2D eigenvalue weighted by atomic mass is 9.90. The van der Waals surface area contributed by atoms with Crippen LogP contribution in [0, 0.1) is 12.3 Å². The van der Waals surface area contributed by atoms with Gasteiger partial charge in [-0.1, -0.05) is 35.0 Å². The molecule has 1 aliphatic heterocycles. The number of carbonyl (C=O) groups is 1. The molecule has 0 radical (unpaired) electrons. The second-order valence-electron chi connectivity index (χ2n) is 6.16. The topological polar surface area (TPSA) is 46.3 Å². The Kier molecular flexibility index (Phi) is 6.70. The summed E-state index contributed by atoms with van der Waals surface area (Å²) < 4.78 is 1.12. The molecule has 1 unspecified atom stereocenters. The number of benzene rings is 1. The summed E-state index contributed by atoms with van der Waals surface area (Å²) in [5.74, 6) is 0.253. The highest BCUT2D eigenvalue weighted by Crippen LogP contribution is 2.29. The summed E-state index contributed by atoms with van der Waals surface area (Å²) in [6.07, 6.45) is 2.41. The Balaban J connectivity index is 0.00000220. The summed E-state index contributed by atoms with van der Waals surface area (Å²) in [6, 6.07) is 6.28. The van der Waals surface area contributed by atoms with Crippen LogP contribution in [0.3, 0.4) is 0 Å². The molecular formula is C16H24BrClN2O. The van der Waals surface area contributed by atoms with Gasteiger partial charge in [0.05, 0.1) is 0 Å². The number of amides is 1. The van der Waals surface area contributed by atoms with Gasteiger partial charge in [-0.05, 0) is 48.9 Å². The predicted octanol–water partition coefficient (Wildman–Crippen LogP) is 3.31. The first-order valence-corrected chi connectivity index (χ1v) is 7.96. The van der Waals surface area contributed by atoms with Gasteiger partial charge in [-0.2, -0.15) is 0 Å². The third kappa shape index (κ3) is 4.70. The second-order valence-corrected chi connectivity index (χ2v) is 7.02. The minimum atomic E-state index is 0. The number of aryl methyl sites for hydroxylation is 2.